The fraction of sp³-hybridized carbons (Fsp3) is 0.0495. The highest BCUT2D eigenvalue weighted by Gasteiger charge is 2.48. The van der Waals surface area contributed by atoms with E-state index in [0.717, 1.165) is 39.1 Å². The van der Waals surface area contributed by atoms with Crippen molar-refractivity contribution in [1.82, 2.24) is 0 Å². The van der Waals surface area contributed by atoms with Gasteiger partial charge in [0.2, 0.25) is 0 Å². The van der Waals surface area contributed by atoms with Crippen LogP contribution < -0.4 is 16.0 Å². The van der Waals surface area contributed by atoms with E-state index in [1.54, 1.807) is 24.3 Å². The fourth-order valence-electron chi connectivity index (χ4n) is 17.5. The summed E-state index contributed by atoms with van der Waals surface area (Å²) in [4.78, 5) is 0. The van der Waals surface area contributed by atoms with E-state index >= 15 is 0 Å². The predicted molar refractivity (Wildman–Crippen MR) is 454 cm³/mol. The highest BCUT2D eigenvalue weighted by Crippen LogP contribution is 2.60. The van der Waals surface area contributed by atoms with Gasteiger partial charge in [-0.15, -0.1) is 22.7 Å². The Kier molecular flexibility index (Phi) is 13.0. The summed E-state index contributed by atoms with van der Waals surface area (Å²) in [5.74, 6) is 0. The standard InChI is InChI=1S/C37H25NO.C37H25NS.C27H21NS/c1-3-12-25(13-4-1)37(26-14-5-2-6-15-26)31-18-9-7-16-28(31)29-23-22-27(24-32(29)37)38-33-19-11-21-35-36(33)30-17-8-10-20-34(30)39-35;1-3-13-25(14-4-1)37(26-15-5-2-6-16-26)29-19-9-7-17-27(29)35-30(37)20-11-21-31(35)38-32-22-12-24-34-36(32)28-18-8-10-23-33(28)39-34;1-27(2)22-11-5-3-8-18(22)21-10-7-12-23(26(21)27)28-17-14-15-20-19-9-4-6-13-24(19)29-25(20)16-17/h2*1-24,38H;3-16,28H,1-2H3/i1D,2D,3D,4D,5D,6D,12D,13D,14D,15D;;. The van der Waals surface area contributed by atoms with Gasteiger partial charge in [0.05, 0.1) is 35.6 Å². The molecule has 22 rings (SSSR count). The molecule has 0 saturated heterocycles. The van der Waals surface area contributed by atoms with Crippen molar-refractivity contribution < 1.29 is 18.1 Å². The second-order valence-electron chi connectivity index (χ2n) is 27.9. The molecule has 3 N–H and O–H groups in total. The van der Waals surface area contributed by atoms with Gasteiger partial charge in [-0.1, -0.05) is 311 Å². The summed E-state index contributed by atoms with van der Waals surface area (Å²) in [6.45, 7) is 4.66. The molecule has 3 aliphatic rings. The SMILES string of the molecule is CC1(C)c2ccccc2-c2cccc(Nc3ccc4c(c3)sc3ccccc34)c21.[2H]c1c([2H])c([2H])c(C2(c3c([2H])c([2H])c([2H])c([2H])c3[2H])c3ccccc3-c3ccc(Nc4cccc5oc6ccccc6c45)cc32)c([2H])c1[2H].c1ccc(C2(c3ccccc3)c3ccccc3-c3c(Nc4cccc5sc6ccccc6c45)cccc32)cc1. The maximum Gasteiger partial charge on any atom is 0.137 e. The lowest BCUT2D eigenvalue weighted by atomic mass is 9.67. The molecular formula is C101H71N3OS2. The van der Waals surface area contributed by atoms with Gasteiger partial charge in [0, 0.05) is 85.1 Å². The molecule has 0 radical (unpaired) electrons. The van der Waals surface area contributed by atoms with Crippen molar-refractivity contribution >= 4 is 119 Å². The number of thiophene rings is 2. The molecule has 3 aromatic heterocycles. The zero-order chi connectivity index (χ0) is 79.9. The Morgan fingerprint density at radius 3 is 1.48 bits per heavy atom. The van der Waals surface area contributed by atoms with Crippen LogP contribution in [0.25, 0.3) is 95.7 Å². The number of hydrogen-bond acceptors (Lipinski definition) is 6. The lowest BCUT2D eigenvalue weighted by Crippen LogP contribution is -2.28. The molecule has 0 spiro atoms. The summed E-state index contributed by atoms with van der Waals surface area (Å²) in [6, 6.07) is 104. The summed E-state index contributed by atoms with van der Waals surface area (Å²) in [5.41, 5.74) is 20.0. The second kappa shape index (κ2) is 25.8. The Morgan fingerprint density at radius 1 is 0.290 bits per heavy atom. The van der Waals surface area contributed by atoms with Gasteiger partial charge in [-0.25, -0.2) is 0 Å². The van der Waals surface area contributed by atoms with E-state index in [1.165, 1.54) is 102 Å². The van der Waals surface area contributed by atoms with Gasteiger partial charge in [-0.2, -0.15) is 0 Å². The summed E-state index contributed by atoms with van der Waals surface area (Å²) in [7, 11) is 0. The number of benzene rings is 16. The Hall–Kier alpha value is -12.8. The third-order valence-electron chi connectivity index (χ3n) is 21.9. The van der Waals surface area contributed by atoms with Crippen LogP contribution in [-0.2, 0) is 16.2 Å². The van der Waals surface area contributed by atoms with Crippen molar-refractivity contribution in [3.05, 3.63) is 432 Å². The number of para-hydroxylation sites is 1. The van der Waals surface area contributed by atoms with E-state index in [-0.39, 0.29) is 16.5 Å². The number of fused-ring (bicyclic) bond motifs is 18. The molecule has 107 heavy (non-hydrogen) atoms. The molecule has 508 valence electrons. The van der Waals surface area contributed by atoms with Crippen molar-refractivity contribution in [3.8, 4) is 33.4 Å². The highest BCUT2D eigenvalue weighted by atomic mass is 32.1. The van der Waals surface area contributed by atoms with Crippen LogP contribution in [0.15, 0.2) is 380 Å². The van der Waals surface area contributed by atoms with Crippen molar-refractivity contribution in [2.75, 3.05) is 16.0 Å². The van der Waals surface area contributed by atoms with Gasteiger partial charge in [0.15, 0.2) is 0 Å². The maximum absolute atomic E-state index is 9.18. The van der Waals surface area contributed by atoms with Gasteiger partial charge >= 0.3 is 0 Å². The van der Waals surface area contributed by atoms with Crippen molar-refractivity contribution in [3.63, 3.8) is 0 Å². The van der Waals surface area contributed by atoms with E-state index in [2.05, 4.69) is 260 Å². The zero-order valence-corrected chi connectivity index (χ0v) is 59.9. The molecule has 4 nitrogen and oxygen atoms in total. The average Bonchev–Trinajstić information content (AvgIpc) is 1.55. The first-order chi connectivity index (χ1) is 57.0. The molecular weight excluding hydrogens is 1340 g/mol. The normalized spacial score (nSPS) is 14.9. The van der Waals surface area contributed by atoms with Crippen LogP contribution >= 0.6 is 22.7 Å². The summed E-state index contributed by atoms with van der Waals surface area (Å²) >= 11 is 3.72. The first kappa shape index (κ1) is 53.9. The van der Waals surface area contributed by atoms with Crippen molar-refractivity contribution in [1.29, 1.82) is 0 Å². The number of furan rings is 1. The quantitative estimate of drug-likeness (QED) is 0.128. The van der Waals surface area contributed by atoms with Gasteiger partial charge in [-0.3, -0.25) is 0 Å². The van der Waals surface area contributed by atoms with Crippen molar-refractivity contribution in [2.24, 2.45) is 0 Å². The minimum Gasteiger partial charge on any atom is -0.456 e. The molecule has 6 heteroatoms. The Balaban J connectivity index is 0.000000117. The Labute approximate surface area is 644 Å². The molecule has 3 aliphatic carbocycles. The smallest absolute Gasteiger partial charge is 0.137 e. The topological polar surface area (TPSA) is 49.2 Å². The molecule has 3 heterocycles. The van der Waals surface area contributed by atoms with Crippen LogP contribution in [-0.4, -0.2) is 0 Å². The molecule has 16 aromatic carbocycles. The molecule has 0 amide bonds. The van der Waals surface area contributed by atoms with Gasteiger partial charge in [0.25, 0.3) is 0 Å². The number of nitrogens with one attached hydrogen (secondary N) is 3. The molecule has 0 saturated carbocycles. The lowest BCUT2D eigenvalue weighted by Gasteiger charge is -2.34. The maximum atomic E-state index is 9.18. The molecule has 0 aliphatic heterocycles. The molecule has 0 bridgehead atoms. The number of anilines is 6. The van der Waals surface area contributed by atoms with E-state index in [0.29, 0.717) is 33.5 Å². The average molecular weight is 1420 g/mol. The lowest BCUT2D eigenvalue weighted by molar-refractivity contribution is 0.662. The predicted octanol–water partition coefficient (Wildman–Crippen LogP) is 28.0. The van der Waals surface area contributed by atoms with Crippen LogP contribution in [0, 0.1) is 0 Å². The van der Waals surface area contributed by atoms with Gasteiger partial charge < -0.3 is 20.4 Å². The van der Waals surface area contributed by atoms with Crippen molar-refractivity contribution in [2.45, 2.75) is 30.1 Å². The van der Waals surface area contributed by atoms with E-state index < -0.39 is 71.3 Å². The third kappa shape index (κ3) is 10.2. The second-order valence-corrected chi connectivity index (χ2v) is 30.1. The third-order valence-corrected chi connectivity index (χ3v) is 24.1. The van der Waals surface area contributed by atoms with Crippen LogP contribution in [0.1, 0.15) is 83.2 Å². The molecule has 19 aromatic rings. The highest BCUT2D eigenvalue weighted by molar-refractivity contribution is 7.26. The van der Waals surface area contributed by atoms with Gasteiger partial charge in [-0.05, 0) is 162 Å². The number of rotatable bonds is 10. The zero-order valence-electron chi connectivity index (χ0n) is 68.2. The van der Waals surface area contributed by atoms with Crippen LogP contribution in [0.2, 0.25) is 0 Å². The first-order valence-corrected chi connectivity index (χ1v) is 37.6. The first-order valence-electron chi connectivity index (χ1n) is 41.0. The van der Waals surface area contributed by atoms with E-state index in [1.807, 2.05) is 83.3 Å². The van der Waals surface area contributed by atoms with E-state index in [9.17, 15) is 5.48 Å². The van der Waals surface area contributed by atoms with Crippen LogP contribution in [0.4, 0.5) is 34.1 Å². The number of hydrogen-bond donors (Lipinski definition) is 3. The Morgan fingerprint density at radius 2 is 0.748 bits per heavy atom. The molecule has 0 unspecified atom stereocenters. The molecule has 0 atom stereocenters. The Bertz CT molecular complexity index is 7150. The monoisotopic (exact) mass is 1420 g/mol. The largest absolute Gasteiger partial charge is 0.456 e. The van der Waals surface area contributed by atoms with Gasteiger partial charge in [0.1, 0.15) is 11.2 Å². The minimum atomic E-state index is -1.90. The van der Waals surface area contributed by atoms with Crippen LogP contribution in [0.5, 0.6) is 0 Å². The molecule has 0 fully saturated rings. The van der Waals surface area contributed by atoms with E-state index in [4.69, 9.17) is 12.6 Å². The summed E-state index contributed by atoms with van der Waals surface area (Å²) in [5, 5.41) is 18.2. The fourth-order valence-corrected chi connectivity index (χ4v) is 19.7. The minimum absolute atomic E-state index is 0.0166. The summed E-state index contributed by atoms with van der Waals surface area (Å²) in [6.07, 6.45) is 0. The van der Waals surface area contributed by atoms with Crippen LogP contribution in [0.3, 0.4) is 0 Å². The summed E-state index contributed by atoms with van der Waals surface area (Å²) < 4.78 is 99.3.